The van der Waals surface area contributed by atoms with Gasteiger partial charge in [0.25, 0.3) is 5.91 Å². The minimum Gasteiger partial charge on any atom is -0.316 e. The third-order valence-electron chi connectivity index (χ3n) is 1.63. The molecule has 0 bridgehead atoms. The molecule has 0 aromatic heterocycles. The molecule has 1 unspecified atom stereocenters. The predicted molar refractivity (Wildman–Crippen MR) is 53.4 cm³/mol. The number of benzene rings is 1. The second-order valence-corrected chi connectivity index (χ2v) is 3.46. The molecule has 0 saturated heterocycles. The summed E-state index contributed by atoms with van der Waals surface area (Å²) >= 11 is 3.28. The van der Waals surface area contributed by atoms with E-state index in [1.54, 1.807) is 12.1 Å². The lowest BCUT2D eigenvalue weighted by atomic mass is 10.1. The van der Waals surface area contributed by atoms with Gasteiger partial charge in [-0.2, -0.15) is 0 Å². The maximum absolute atomic E-state index is 11.0. The number of halogens is 1. The number of amides is 1. The highest BCUT2D eigenvalue weighted by atomic mass is 79.9. The van der Waals surface area contributed by atoms with Crippen molar-refractivity contribution in [3.63, 3.8) is 0 Å². The lowest BCUT2D eigenvalue weighted by Gasteiger charge is -2.09. The van der Waals surface area contributed by atoms with Crippen LogP contribution in [0.15, 0.2) is 28.7 Å². The number of rotatable bonds is 2. The summed E-state index contributed by atoms with van der Waals surface area (Å²) in [5.74, 6) is 4.55. The van der Waals surface area contributed by atoms with Crippen molar-refractivity contribution in [2.45, 2.75) is 6.04 Å². The summed E-state index contributed by atoms with van der Waals surface area (Å²) in [7, 11) is 0. The van der Waals surface area contributed by atoms with E-state index in [2.05, 4.69) is 15.9 Å². The highest BCUT2D eigenvalue weighted by Crippen LogP contribution is 2.16. The van der Waals surface area contributed by atoms with Gasteiger partial charge in [0.15, 0.2) is 0 Å². The Labute approximate surface area is 84.4 Å². The van der Waals surface area contributed by atoms with Gasteiger partial charge in [0.2, 0.25) is 0 Å². The van der Waals surface area contributed by atoms with Crippen LogP contribution in [0.3, 0.4) is 0 Å². The smallest absolute Gasteiger partial charge is 0.255 e. The first kappa shape index (κ1) is 10.2. The molecule has 0 spiro atoms. The van der Waals surface area contributed by atoms with Gasteiger partial charge >= 0.3 is 0 Å². The number of carbonyl (C=O) groups excluding carboxylic acids is 1. The summed E-state index contributed by atoms with van der Waals surface area (Å²) in [6.45, 7) is 0. The second kappa shape index (κ2) is 4.36. The van der Waals surface area contributed by atoms with Gasteiger partial charge in [-0.15, -0.1) is 0 Å². The first-order chi connectivity index (χ1) is 6.15. The normalized spacial score (nSPS) is 12.2. The van der Waals surface area contributed by atoms with Crippen LogP contribution in [0.2, 0.25) is 0 Å². The fourth-order valence-corrected chi connectivity index (χ4v) is 1.36. The molecule has 1 atom stereocenters. The van der Waals surface area contributed by atoms with E-state index in [1.165, 1.54) is 0 Å². The van der Waals surface area contributed by atoms with E-state index in [4.69, 9.17) is 11.6 Å². The topological polar surface area (TPSA) is 81.1 Å². The SMILES string of the molecule is NNC(=O)C(N)c1cccc(Br)c1. The van der Waals surface area contributed by atoms with Crippen LogP contribution in [-0.2, 0) is 4.79 Å². The maximum atomic E-state index is 11.0. The molecule has 0 heterocycles. The van der Waals surface area contributed by atoms with Crippen LogP contribution in [0.4, 0.5) is 0 Å². The maximum Gasteiger partial charge on any atom is 0.255 e. The Morgan fingerprint density at radius 2 is 2.23 bits per heavy atom. The fourth-order valence-electron chi connectivity index (χ4n) is 0.941. The van der Waals surface area contributed by atoms with Crippen LogP contribution in [0.25, 0.3) is 0 Å². The molecular formula is C8H10BrN3O. The quantitative estimate of drug-likeness (QED) is 0.401. The Balaban J connectivity index is 2.88. The first-order valence-corrected chi connectivity index (χ1v) is 4.46. The highest BCUT2D eigenvalue weighted by Gasteiger charge is 2.13. The van der Waals surface area contributed by atoms with Crippen molar-refractivity contribution in [2.24, 2.45) is 11.6 Å². The van der Waals surface area contributed by atoms with Crippen LogP contribution < -0.4 is 17.0 Å². The van der Waals surface area contributed by atoms with E-state index < -0.39 is 11.9 Å². The molecule has 0 saturated carbocycles. The van der Waals surface area contributed by atoms with E-state index in [0.29, 0.717) is 0 Å². The van der Waals surface area contributed by atoms with Gasteiger partial charge in [-0.05, 0) is 17.7 Å². The fraction of sp³-hybridized carbons (Fsp3) is 0.125. The molecule has 1 aromatic carbocycles. The monoisotopic (exact) mass is 243 g/mol. The Kier molecular flexibility index (Phi) is 3.41. The van der Waals surface area contributed by atoms with E-state index in [9.17, 15) is 4.79 Å². The van der Waals surface area contributed by atoms with E-state index in [-0.39, 0.29) is 0 Å². The average Bonchev–Trinajstić information content (AvgIpc) is 2.15. The molecule has 70 valence electrons. The Hall–Kier alpha value is -0.910. The van der Waals surface area contributed by atoms with Gasteiger partial charge in [-0.3, -0.25) is 10.2 Å². The zero-order valence-electron chi connectivity index (χ0n) is 6.83. The van der Waals surface area contributed by atoms with Gasteiger partial charge in [-0.1, -0.05) is 28.1 Å². The summed E-state index contributed by atoms with van der Waals surface area (Å²) in [4.78, 5) is 11.0. The molecular weight excluding hydrogens is 234 g/mol. The van der Waals surface area contributed by atoms with E-state index in [0.717, 1.165) is 10.0 Å². The van der Waals surface area contributed by atoms with Gasteiger partial charge in [-0.25, -0.2) is 5.84 Å². The molecule has 0 aliphatic rings. The zero-order valence-corrected chi connectivity index (χ0v) is 8.41. The predicted octanol–water partition coefficient (Wildman–Crippen LogP) is 0.439. The van der Waals surface area contributed by atoms with Crippen molar-refractivity contribution in [3.05, 3.63) is 34.3 Å². The first-order valence-electron chi connectivity index (χ1n) is 3.66. The molecule has 4 nitrogen and oxygen atoms in total. The molecule has 0 aliphatic carbocycles. The molecule has 0 radical (unpaired) electrons. The summed E-state index contributed by atoms with van der Waals surface area (Å²) in [6.07, 6.45) is 0. The van der Waals surface area contributed by atoms with Crippen LogP contribution in [0.5, 0.6) is 0 Å². The summed E-state index contributed by atoms with van der Waals surface area (Å²) in [6, 6.07) is 6.49. The van der Waals surface area contributed by atoms with Crippen molar-refractivity contribution in [3.8, 4) is 0 Å². The molecule has 1 rings (SSSR count). The lowest BCUT2D eigenvalue weighted by molar-refractivity contribution is -0.122. The molecule has 0 aliphatic heterocycles. The van der Waals surface area contributed by atoms with Crippen LogP contribution in [0, 0.1) is 0 Å². The van der Waals surface area contributed by atoms with Crippen LogP contribution in [0.1, 0.15) is 11.6 Å². The Bertz CT molecular complexity index is 316. The zero-order chi connectivity index (χ0) is 9.84. The molecule has 1 aromatic rings. The van der Waals surface area contributed by atoms with Gasteiger partial charge in [0.05, 0.1) is 0 Å². The van der Waals surface area contributed by atoms with Crippen LogP contribution >= 0.6 is 15.9 Å². The molecule has 5 heteroatoms. The summed E-state index contributed by atoms with van der Waals surface area (Å²) in [5.41, 5.74) is 8.33. The molecule has 5 N–H and O–H groups in total. The number of hydrogen-bond donors (Lipinski definition) is 3. The summed E-state index contributed by atoms with van der Waals surface area (Å²) in [5, 5.41) is 0. The second-order valence-electron chi connectivity index (χ2n) is 2.54. The standard InChI is InChI=1S/C8H10BrN3O/c9-6-3-1-2-5(4-6)7(10)8(13)12-11/h1-4,7H,10-11H2,(H,12,13). The number of hydrogen-bond acceptors (Lipinski definition) is 3. The largest absolute Gasteiger partial charge is 0.316 e. The number of carbonyl (C=O) groups is 1. The van der Waals surface area contributed by atoms with Gasteiger partial charge in [0, 0.05) is 4.47 Å². The third kappa shape index (κ3) is 2.51. The molecule has 1 amide bonds. The van der Waals surface area contributed by atoms with Crippen molar-refractivity contribution in [1.29, 1.82) is 0 Å². The van der Waals surface area contributed by atoms with E-state index >= 15 is 0 Å². The van der Waals surface area contributed by atoms with Gasteiger partial charge in [0.1, 0.15) is 6.04 Å². The minimum absolute atomic E-state index is 0.405. The summed E-state index contributed by atoms with van der Waals surface area (Å²) < 4.78 is 0.880. The van der Waals surface area contributed by atoms with Crippen molar-refractivity contribution < 1.29 is 4.79 Å². The number of nitrogens with two attached hydrogens (primary N) is 2. The Morgan fingerprint density at radius 3 is 2.77 bits per heavy atom. The van der Waals surface area contributed by atoms with Gasteiger partial charge < -0.3 is 5.73 Å². The van der Waals surface area contributed by atoms with Crippen molar-refractivity contribution in [2.75, 3.05) is 0 Å². The molecule has 13 heavy (non-hydrogen) atoms. The van der Waals surface area contributed by atoms with E-state index in [1.807, 2.05) is 17.6 Å². The lowest BCUT2D eigenvalue weighted by Crippen LogP contribution is -2.38. The number of nitrogens with one attached hydrogen (secondary N) is 1. The third-order valence-corrected chi connectivity index (χ3v) is 2.13. The average molecular weight is 244 g/mol. The van der Waals surface area contributed by atoms with Crippen LogP contribution in [-0.4, -0.2) is 5.91 Å². The highest BCUT2D eigenvalue weighted by molar-refractivity contribution is 9.10. The molecule has 0 fully saturated rings. The number of hydrazine groups is 1. The Morgan fingerprint density at radius 1 is 1.54 bits per heavy atom. The van der Waals surface area contributed by atoms with Crippen molar-refractivity contribution >= 4 is 21.8 Å². The van der Waals surface area contributed by atoms with Crippen molar-refractivity contribution in [1.82, 2.24) is 5.43 Å². The minimum atomic E-state index is -0.720.